The predicted octanol–water partition coefficient (Wildman–Crippen LogP) is 3.90. The number of benzene rings is 1. The first-order chi connectivity index (χ1) is 12.3. The molecule has 3 rings (SSSR count). The molecule has 1 atom stereocenters. The Kier molecular flexibility index (Phi) is 4.80. The van der Waals surface area contributed by atoms with Crippen LogP contribution in [0.4, 0.5) is 14.5 Å². The fraction of sp³-hybridized carbons (Fsp3) is 0.368. The molecule has 7 heteroatoms. The van der Waals surface area contributed by atoms with E-state index in [4.69, 9.17) is 4.74 Å². The molecule has 2 aromatic rings. The summed E-state index contributed by atoms with van der Waals surface area (Å²) in [7, 11) is 0. The Morgan fingerprint density at radius 2 is 1.92 bits per heavy atom. The topological polar surface area (TPSA) is 60.3 Å². The summed E-state index contributed by atoms with van der Waals surface area (Å²) >= 11 is 0. The summed E-state index contributed by atoms with van der Waals surface area (Å²) in [6, 6.07) is 4.99. The molecular formula is C19H20F2N2O3. The fourth-order valence-electron chi connectivity index (χ4n) is 2.98. The number of amides is 1. The molecule has 0 unspecified atom stereocenters. The van der Waals surface area contributed by atoms with Crippen molar-refractivity contribution >= 4 is 17.6 Å². The molecule has 0 aliphatic heterocycles. The van der Waals surface area contributed by atoms with Crippen LogP contribution in [-0.2, 0) is 9.53 Å². The number of hydrogen-bond acceptors (Lipinski definition) is 3. The summed E-state index contributed by atoms with van der Waals surface area (Å²) in [6.45, 7) is 5.17. The van der Waals surface area contributed by atoms with Gasteiger partial charge in [-0.2, -0.15) is 0 Å². The molecular weight excluding hydrogens is 342 g/mol. The molecule has 0 bridgehead atoms. The van der Waals surface area contributed by atoms with Crippen molar-refractivity contribution in [3.8, 4) is 0 Å². The van der Waals surface area contributed by atoms with Gasteiger partial charge in [0.25, 0.3) is 5.91 Å². The Morgan fingerprint density at radius 3 is 2.54 bits per heavy atom. The third-order valence-corrected chi connectivity index (χ3v) is 4.46. The minimum absolute atomic E-state index is 0.175. The van der Waals surface area contributed by atoms with Crippen molar-refractivity contribution < 1.29 is 23.1 Å². The van der Waals surface area contributed by atoms with Crippen LogP contribution in [0.3, 0.4) is 0 Å². The van der Waals surface area contributed by atoms with Crippen molar-refractivity contribution in [3.63, 3.8) is 0 Å². The quantitative estimate of drug-likeness (QED) is 0.821. The lowest BCUT2D eigenvalue weighted by molar-refractivity contribution is -0.123. The zero-order valence-corrected chi connectivity index (χ0v) is 14.8. The lowest BCUT2D eigenvalue weighted by Crippen LogP contribution is -2.30. The van der Waals surface area contributed by atoms with Crippen molar-refractivity contribution in [1.82, 2.24) is 4.57 Å². The number of nitrogens with one attached hydrogen (secondary N) is 1. The monoisotopic (exact) mass is 362 g/mol. The second-order valence-electron chi connectivity index (χ2n) is 6.55. The zero-order valence-electron chi connectivity index (χ0n) is 14.8. The molecule has 1 heterocycles. The standard InChI is InChI=1S/C19H20F2N2O3/c1-10-8-15(11(2)23(10)14-5-6-14)19(25)26-12(3)18(24)22-17-7-4-13(20)9-16(17)21/h4,7-9,12,14H,5-6H2,1-3H3,(H,22,24)/t12-/m1/s1. The number of aromatic nitrogens is 1. The molecule has 0 radical (unpaired) electrons. The molecule has 1 N–H and O–H groups in total. The lowest BCUT2D eigenvalue weighted by Gasteiger charge is -2.14. The molecule has 1 aromatic heterocycles. The third-order valence-electron chi connectivity index (χ3n) is 4.46. The minimum atomic E-state index is -1.13. The van der Waals surface area contributed by atoms with Crippen molar-refractivity contribution in [3.05, 3.63) is 52.9 Å². The van der Waals surface area contributed by atoms with Gasteiger partial charge in [0.05, 0.1) is 11.3 Å². The van der Waals surface area contributed by atoms with E-state index in [0.717, 1.165) is 36.4 Å². The summed E-state index contributed by atoms with van der Waals surface area (Å²) in [5.41, 5.74) is 2.03. The summed E-state index contributed by atoms with van der Waals surface area (Å²) in [5.74, 6) is -2.94. The van der Waals surface area contributed by atoms with E-state index in [-0.39, 0.29) is 5.69 Å². The normalized spacial score (nSPS) is 14.8. The lowest BCUT2D eigenvalue weighted by atomic mass is 10.2. The molecule has 1 aromatic carbocycles. The highest BCUT2D eigenvalue weighted by atomic mass is 19.1. The van der Waals surface area contributed by atoms with Gasteiger partial charge < -0.3 is 14.6 Å². The molecule has 1 fully saturated rings. The minimum Gasteiger partial charge on any atom is -0.449 e. The Morgan fingerprint density at radius 1 is 1.23 bits per heavy atom. The van der Waals surface area contributed by atoms with Crippen molar-refractivity contribution in [2.45, 2.75) is 45.8 Å². The highest BCUT2D eigenvalue weighted by Gasteiger charge is 2.29. The third kappa shape index (κ3) is 3.61. The highest BCUT2D eigenvalue weighted by Crippen LogP contribution is 2.38. The number of ether oxygens (including phenoxy) is 1. The van der Waals surface area contributed by atoms with E-state index in [1.165, 1.54) is 6.92 Å². The number of anilines is 1. The molecule has 1 aliphatic rings. The SMILES string of the molecule is Cc1cc(C(=O)O[C@H](C)C(=O)Nc2ccc(F)cc2F)c(C)n1C1CC1. The van der Waals surface area contributed by atoms with E-state index in [2.05, 4.69) is 9.88 Å². The van der Waals surface area contributed by atoms with Crippen LogP contribution in [0, 0.1) is 25.5 Å². The number of rotatable bonds is 5. The molecule has 0 spiro atoms. The number of aryl methyl sites for hydroxylation is 1. The number of carbonyl (C=O) groups is 2. The van der Waals surface area contributed by atoms with Gasteiger partial charge in [0.15, 0.2) is 6.10 Å². The van der Waals surface area contributed by atoms with Crippen LogP contribution < -0.4 is 5.32 Å². The number of esters is 1. The van der Waals surface area contributed by atoms with Crippen LogP contribution >= 0.6 is 0 Å². The average Bonchev–Trinajstić information content (AvgIpc) is 3.35. The van der Waals surface area contributed by atoms with Crippen molar-refractivity contribution in [1.29, 1.82) is 0 Å². The molecule has 1 saturated carbocycles. The second kappa shape index (κ2) is 6.90. The molecule has 1 amide bonds. The van der Waals surface area contributed by atoms with Gasteiger partial charge in [-0.3, -0.25) is 4.79 Å². The number of nitrogens with zero attached hydrogens (tertiary/aromatic N) is 1. The van der Waals surface area contributed by atoms with E-state index in [1.807, 2.05) is 13.8 Å². The largest absolute Gasteiger partial charge is 0.449 e. The maximum Gasteiger partial charge on any atom is 0.340 e. The van der Waals surface area contributed by atoms with Crippen molar-refractivity contribution in [2.24, 2.45) is 0 Å². The summed E-state index contributed by atoms with van der Waals surface area (Å²) in [5, 5.41) is 2.29. The van der Waals surface area contributed by atoms with Gasteiger partial charge in [-0.15, -0.1) is 0 Å². The Bertz CT molecular complexity index is 872. The smallest absolute Gasteiger partial charge is 0.340 e. The molecule has 26 heavy (non-hydrogen) atoms. The average molecular weight is 362 g/mol. The maximum atomic E-state index is 13.6. The van der Waals surface area contributed by atoms with Gasteiger partial charge >= 0.3 is 5.97 Å². The Labute approximate surface area is 150 Å². The Balaban J connectivity index is 1.67. The first-order valence-corrected chi connectivity index (χ1v) is 8.43. The predicted molar refractivity (Wildman–Crippen MR) is 92.0 cm³/mol. The maximum absolute atomic E-state index is 13.6. The van der Waals surface area contributed by atoms with Gasteiger partial charge in [0.1, 0.15) is 11.6 Å². The van der Waals surface area contributed by atoms with Gasteiger partial charge in [-0.1, -0.05) is 0 Å². The first kappa shape index (κ1) is 18.1. The second-order valence-corrected chi connectivity index (χ2v) is 6.55. The van der Waals surface area contributed by atoms with E-state index >= 15 is 0 Å². The number of hydrogen-bond donors (Lipinski definition) is 1. The van der Waals surface area contributed by atoms with Crippen LogP contribution in [0.5, 0.6) is 0 Å². The molecule has 5 nitrogen and oxygen atoms in total. The summed E-state index contributed by atoms with van der Waals surface area (Å²) in [6.07, 6.45) is 1.05. The van der Waals surface area contributed by atoms with Crippen LogP contribution in [0.2, 0.25) is 0 Å². The number of halogens is 2. The summed E-state index contributed by atoms with van der Waals surface area (Å²) < 4.78 is 33.9. The fourth-order valence-corrected chi connectivity index (χ4v) is 2.98. The van der Waals surface area contributed by atoms with Gasteiger partial charge in [0, 0.05) is 23.5 Å². The van der Waals surface area contributed by atoms with Crippen LogP contribution in [0.15, 0.2) is 24.3 Å². The molecule has 0 saturated heterocycles. The number of carbonyl (C=O) groups excluding carboxylic acids is 2. The van der Waals surface area contributed by atoms with E-state index in [9.17, 15) is 18.4 Å². The molecule has 1 aliphatic carbocycles. The van der Waals surface area contributed by atoms with E-state index in [0.29, 0.717) is 17.7 Å². The summed E-state index contributed by atoms with van der Waals surface area (Å²) in [4.78, 5) is 24.6. The first-order valence-electron chi connectivity index (χ1n) is 8.43. The van der Waals surface area contributed by atoms with E-state index in [1.54, 1.807) is 6.07 Å². The van der Waals surface area contributed by atoms with Crippen molar-refractivity contribution in [2.75, 3.05) is 5.32 Å². The van der Waals surface area contributed by atoms with Gasteiger partial charge in [-0.25, -0.2) is 13.6 Å². The van der Waals surface area contributed by atoms with E-state index < -0.39 is 29.6 Å². The zero-order chi connectivity index (χ0) is 19.0. The van der Waals surface area contributed by atoms with Crippen LogP contribution in [0.1, 0.15) is 47.6 Å². The van der Waals surface area contributed by atoms with Crippen LogP contribution in [0.25, 0.3) is 0 Å². The highest BCUT2D eigenvalue weighted by molar-refractivity contribution is 5.97. The van der Waals surface area contributed by atoms with Gasteiger partial charge in [-0.05, 0) is 51.8 Å². The molecule has 138 valence electrons. The Hall–Kier alpha value is -2.70. The van der Waals surface area contributed by atoms with Gasteiger partial charge in [0.2, 0.25) is 0 Å². The van der Waals surface area contributed by atoms with Crippen LogP contribution in [-0.4, -0.2) is 22.5 Å².